The third kappa shape index (κ3) is 2.52. The minimum Gasteiger partial charge on any atom is -0.264 e. The van der Waals surface area contributed by atoms with Crippen LogP contribution in [0.15, 0.2) is 24.5 Å². The lowest BCUT2D eigenvalue weighted by Gasteiger charge is -2.22. The Labute approximate surface area is 84.6 Å². The van der Waals surface area contributed by atoms with Gasteiger partial charge in [-0.15, -0.1) is 0 Å². The normalized spacial score (nSPS) is 14.3. The van der Waals surface area contributed by atoms with Crippen LogP contribution in [0, 0.1) is 0 Å². The molecule has 0 fully saturated rings. The average Bonchev–Trinajstić information content (AvgIpc) is 2.15. The molecule has 0 amide bonds. The van der Waals surface area contributed by atoms with Gasteiger partial charge in [0.25, 0.3) is 0 Å². The average molecular weight is 214 g/mol. The van der Waals surface area contributed by atoms with Crippen LogP contribution in [0.1, 0.15) is 18.5 Å². The summed E-state index contributed by atoms with van der Waals surface area (Å²) in [7, 11) is -1.58. The van der Waals surface area contributed by atoms with Gasteiger partial charge in [-0.1, -0.05) is 6.07 Å². The molecule has 0 saturated carbocycles. The molecule has 1 rings (SSSR count). The van der Waals surface area contributed by atoms with Gasteiger partial charge in [0.1, 0.15) is 0 Å². The van der Waals surface area contributed by atoms with E-state index in [2.05, 4.69) is 4.98 Å². The Morgan fingerprint density at radius 3 is 2.57 bits per heavy atom. The molecule has 0 bridgehead atoms. The highest BCUT2D eigenvalue weighted by atomic mass is 32.2. The Hall–Kier alpha value is -0.940. The topological polar surface area (TPSA) is 50.3 Å². The summed E-state index contributed by atoms with van der Waals surface area (Å²) in [4.78, 5) is 3.95. The Kier molecular flexibility index (Phi) is 3.23. The number of sulfonamides is 1. The molecule has 0 saturated heterocycles. The number of hydrogen-bond acceptors (Lipinski definition) is 3. The molecular formula is C9H14N2O2S. The predicted octanol–water partition coefficient (Wildman–Crippen LogP) is 1.03. The van der Waals surface area contributed by atoms with Crippen molar-refractivity contribution < 1.29 is 8.42 Å². The fraction of sp³-hybridized carbons (Fsp3) is 0.444. The number of aromatic nitrogens is 1. The molecular weight excluding hydrogens is 200 g/mol. The van der Waals surface area contributed by atoms with E-state index in [1.54, 1.807) is 25.5 Å². The molecule has 1 aromatic heterocycles. The second-order valence-corrected chi connectivity index (χ2v) is 5.28. The molecule has 5 heteroatoms. The molecule has 0 spiro atoms. The van der Waals surface area contributed by atoms with Crippen LogP contribution >= 0.6 is 0 Å². The second kappa shape index (κ2) is 4.06. The summed E-state index contributed by atoms with van der Waals surface area (Å²) in [5.41, 5.74) is 0.889. The summed E-state index contributed by atoms with van der Waals surface area (Å²) in [6.45, 7) is 1.83. The number of nitrogens with zero attached hydrogens (tertiary/aromatic N) is 2. The molecule has 0 aliphatic carbocycles. The molecule has 1 aromatic rings. The van der Waals surface area contributed by atoms with E-state index in [1.165, 1.54) is 10.6 Å². The summed E-state index contributed by atoms with van der Waals surface area (Å²) in [5.74, 6) is 0. The molecule has 1 unspecified atom stereocenters. The van der Waals surface area contributed by atoms with E-state index >= 15 is 0 Å². The monoisotopic (exact) mass is 214 g/mol. The summed E-state index contributed by atoms with van der Waals surface area (Å²) in [6, 6.07) is 3.47. The van der Waals surface area contributed by atoms with Crippen molar-refractivity contribution in [2.45, 2.75) is 13.0 Å². The molecule has 0 aliphatic heterocycles. The van der Waals surface area contributed by atoms with Crippen molar-refractivity contribution in [3.05, 3.63) is 30.1 Å². The standard InChI is InChI=1S/C9H14N2O2S/c1-8(11(2)14(3,12)13)9-5-4-6-10-7-9/h4-8H,1-3H3. The van der Waals surface area contributed by atoms with Crippen molar-refractivity contribution in [3.63, 3.8) is 0 Å². The molecule has 78 valence electrons. The third-order valence-electron chi connectivity index (χ3n) is 2.24. The Balaban J connectivity index is 2.92. The summed E-state index contributed by atoms with van der Waals surface area (Å²) in [6.07, 6.45) is 4.53. The zero-order valence-electron chi connectivity index (χ0n) is 8.51. The molecule has 0 N–H and O–H groups in total. The van der Waals surface area contributed by atoms with Gasteiger partial charge in [0.05, 0.1) is 6.26 Å². The van der Waals surface area contributed by atoms with Gasteiger partial charge >= 0.3 is 0 Å². The van der Waals surface area contributed by atoms with E-state index in [4.69, 9.17) is 0 Å². The summed E-state index contributed by atoms with van der Waals surface area (Å²) in [5, 5.41) is 0. The van der Waals surface area contributed by atoms with Gasteiger partial charge in [-0.25, -0.2) is 8.42 Å². The molecule has 1 heterocycles. The first-order valence-electron chi connectivity index (χ1n) is 4.26. The van der Waals surface area contributed by atoms with E-state index in [0.717, 1.165) is 5.56 Å². The van der Waals surface area contributed by atoms with Gasteiger partial charge < -0.3 is 0 Å². The first kappa shape index (κ1) is 11.1. The van der Waals surface area contributed by atoms with Crippen LogP contribution in [0.25, 0.3) is 0 Å². The van der Waals surface area contributed by atoms with E-state index in [9.17, 15) is 8.42 Å². The SMILES string of the molecule is CC(c1cccnc1)N(C)S(C)(=O)=O. The zero-order chi connectivity index (χ0) is 10.8. The van der Waals surface area contributed by atoms with Gasteiger partial charge in [-0.2, -0.15) is 4.31 Å². The van der Waals surface area contributed by atoms with Crippen molar-refractivity contribution in [1.29, 1.82) is 0 Å². The molecule has 1 atom stereocenters. The van der Waals surface area contributed by atoms with Crippen molar-refractivity contribution in [1.82, 2.24) is 9.29 Å². The van der Waals surface area contributed by atoms with Crippen LogP contribution in [0.2, 0.25) is 0 Å². The lowest BCUT2D eigenvalue weighted by Crippen LogP contribution is -2.28. The number of hydrogen-bond donors (Lipinski definition) is 0. The van der Waals surface area contributed by atoms with Crippen LogP contribution < -0.4 is 0 Å². The summed E-state index contributed by atoms with van der Waals surface area (Å²) >= 11 is 0. The lowest BCUT2D eigenvalue weighted by atomic mass is 10.1. The van der Waals surface area contributed by atoms with Gasteiger partial charge in [-0.05, 0) is 18.6 Å². The third-order valence-corrected chi connectivity index (χ3v) is 3.60. The molecule has 0 aliphatic rings. The highest BCUT2D eigenvalue weighted by Gasteiger charge is 2.19. The fourth-order valence-corrected chi connectivity index (χ4v) is 1.82. The van der Waals surface area contributed by atoms with Crippen LogP contribution in [-0.4, -0.2) is 31.0 Å². The molecule has 0 radical (unpaired) electrons. The van der Waals surface area contributed by atoms with Gasteiger partial charge in [0.15, 0.2) is 0 Å². The fourth-order valence-electron chi connectivity index (χ4n) is 1.12. The van der Waals surface area contributed by atoms with Crippen LogP contribution in [0.5, 0.6) is 0 Å². The van der Waals surface area contributed by atoms with Crippen molar-refractivity contribution in [3.8, 4) is 0 Å². The first-order valence-corrected chi connectivity index (χ1v) is 6.10. The first-order chi connectivity index (χ1) is 6.43. The predicted molar refractivity (Wildman–Crippen MR) is 55.3 cm³/mol. The molecule has 0 aromatic carbocycles. The number of rotatable bonds is 3. The van der Waals surface area contributed by atoms with Crippen LogP contribution in [0.4, 0.5) is 0 Å². The van der Waals surface area contributed by atoms with Crippen molar-refractivity contribution >= 4 is 10.0 Å². The zero-order valence-corrected chi connectivity index (χ0v) is 9.32. The Morgan fingerprint density at radius 1 is 1.50 bits per heavy atom. The smallest absolute Gasteiger partial charge is 0.211 e. The highest BCUT2D eigenvalue weighted by molar-refractivity contribution is 7.88. The van der Waals surface area contributed by atoms with E-state index in [1.807, 2.05) is 13.0 Å². The second-order valence-electron chi connectivity index (χ2n) is 3.24. The highest BCUT2D eigenvalue weighted by Crippen LogP contribution is 2.19. The maximum absolute atomic E-state index is 11.3. The minimum absolute atomic E-state index is 0.182. The Morgan fingerprint density at radius 2 is 2.14 bits per heavy atom. The van der Waals surface area contributed by atoms with Crippen molar-refractivity contribution in [2.24, 2.45) is 0 Å². The van der Waals surface area contributed by atoms with Crippen LogP contribution in [-0.2, 0) is 10.0 Å². The van der Waals surface area contributed by atoms with Gasteiger partial charge in [0.2, 0.25) is 10.0 Å². The van der Waals surface area contributed by atoms with Gasteiger partial charge in [0, 0.05) is 25.5 Å². The maximum atomic E-state index is 11.3. The van der Waals surface area contributed by atoms with E-state index in [0.29, 0.717) is 0 Å². The van der Waals surface area contributed by atoms with Crippen molar-refractivity contribution in [2.75, 3.05) is 13.3 Å². The molecule has 14 heavy (non-hydrogen) atoms. The largest absolute Gasteiger partial charge is 0.264 e. The minimum atomic E-state index is -3.14. The molecule has 4 nitrogen and oxygen atoms in total. The van der Waals surface area contributed by atoms with Crippen LogP contribution in [0.3, 0.4) is 0 Å². The van der Waals surface area contributed by atoms with E-state index < -0.39 is 10.0 Å². The van der Waals surface area contributed by atoms with E-state index in [-0.39, 0.29) is 6.04 Å². The number of pyridine rings is 1. The lowest BCUT2D eigenvalue weighted by molar-refractivity contribution is 0.401. The Bertz CT molecular complexity index is 389. The quantitative estimate of drug-likeness (QED) is 0.755. The van der Waals surface area contributed by atoms with Gasteiger partial charge in [-0.3, -0.25) is 4.98 Å². The summed E-state index contributed by atoms with van der Waals surface area (Å²) < 4.78 is 23.8. The maximum Gasteiger partial charge on any atom is 0.211 e.